The van der Waals surface area contributed by atoms with E-state index in [1.54, 1.807) is 12.1 Å². The third-order valence-corrected chi connectivity index (χ3v) is 3.08. The van der Waals surface area contributed by atoms with Crippen molar-refractivity contribution < 1.29 is 14.3 Å². The van der Waals surface area contributed by atoms with Crippen LogP contribution in [-0.2, 0) is 6.42 Å². The van der Waals surface area contributed by atoms with Gasteiger partial charge in [0.2, 0.25) is 0 Å². The standard InChI is InChI=1S/C15H13ClFNO2/c16-13-9-11(3-6-14(13)17)15(20)18-12-4-1-10(2-5-12)7-8-19/h1-6,9,19H,7-8H2,(H,18,20). The Morgan fingerprint density at radius 2 is 1.90 bits per heavy atom. The van der Waals surface area contributed by atoms with Crippen molar-refractivity contribution in [3.05, 3.63) is 64.4 Å². The molecule has 2 rings (SSSR count). The number of hydrogen-bond donors (Lipinski definition) is 2. The quantitative estimate of drug-likeness (QED) is 0.909. The molecule has 0 radical (unpaired) electrons. The van der Waals surface area contributed by atoms with Crippen LogP contribution in [0.25, 0.3) is 0 Å². The predicted octanol–water partition coefficient (Wildman–Crippen LogP) is 3.27. The maximum absolute atomic E-state index is 13.0. The fourth-order valence-electron chi connectivity index (χ4n) is 1.72. The molecule has 0 heterocycles. The Labute approximate surface area is 121 Å². The van der Waals surface area contributed by atoms with Crippen LogP contribution in [0.15, 0.2) is 42.5 Å². The van der Waals surface area contributed by atoms with E-state index in [4.69, 9.17) is 16.7 Å². The minimum absolute atomic E-state index is 0.0831. The van der Waals surface area contributed by atoms with Crippen LogP contribution in [0.3, 0.4) is 0 Å². The summed E-state index contributed by atoms with van der Waals surface area (Å²) in [6, 6.07) is 10.9. The molecule has 20 heavy (non-hydrogen) atoms. The van der Waals surface area contributed by atoms with Gasteiger partial charge in [0.05, 0.1) is 5.02 Å². The molecule has 1 amide bonds. The highest BCUT2D eigenvalue weighted by Gasteiger charge is 2.09. The van der Waals surface area contributed by atoms with Crippen molar-refractivity contribution >= 4 is 23.2 Å². The number of carbonyl (C=O) groups excluding carboxylic acids is 1. The lowest BCUT2D eigenvalue weighted by Gasteiger charge is -2.07. The van der Waals surface area contributed by atoms with Crippen molar-refractivity contribution in [1.29, 1.82) is 0 Å². The highest BCUT2D eigenvalue weighted by atomic mass is 35.5. The molecule has 0 saturated carbocycles. The molecule has 0 aliphatic heterocycles. The Kier molecular flexibility index (Phi) is 4.71. The summed E-state index contributed by atoms with van der Waals surface area (Å²) in [5, 5.41) is 11.4. The lowest BCUT2D eigenvalue weighted by Crippen LogP contribution is -2.12. The molecule has 0 unspecified atom stereocenters. The van der Waals surface area contributed by atoms with Gasteiger partial charge >= 0.3 is 0 Å². The molecule has 0 saturated heterocycles. The van der Waals surface area contributed by atoms with Gasteiger partial charge in [-0.15, -0.1) is 0 Å². The molecule has 2 aromatic carbocycles. The molecule has 0 aromatic heterocycles. The number of hydrogen-bond acceptors (Lipinski definition) is 2. The van der Waals surface area contributed by atoms with Crippen molar-refractivity contribution in [2.75, 3.05) is 11.9 Å². The van der Waals surface area contributed by atoms with Crippen molar-refractivity contribution in [3.63, 3.8) is 0 Å². The van der Waals surface area contributed by atoms with Crippen LogP contribution < -0.4 is 5.32 Å². The predicted molar refractivity (Wildman–Crippen MR) is 76.6 cm³/mol. The first-order valence-electron chi connectivity index (χ1n) is 6.06. The van der Waals surface area contributed by atoms with Gasteiger partial charge in [0.1, 0.15) is 5.82 Å². The van der Waals surface area contributed by atoms with E-state index in [0.29, 0.717) is 12.1 Å². The van der Waals surface area contributed by atoms with Crippen LogP contribution in [0.4, 0.5) is 10.1 Å². The third-order valence-electron chi connectivity index (χ3n) is 2.79. The Bertz CT molecular complexity index is 614. The first-order valence-corrected chi connectivity index (χ1v) is 6.44. The second-order valence-corrected chi connectivity index (χ2v) is 4.66. The topological polar surface area (TPSA) is 49.3 Å². The van der Waals surface area contributed by atoms with E-state index in [-0.39, 0.29) is 23.1 Å². The zero-order valence-corrected chi connectivity index (χ0v) is 11.3. The second-order valence-electron chi connectivity index (χ2n) is 4.25. The molecule has 104 valence electrons. The van der Waals surface area contributed by atoms with E-state index in [2.05, 4.69) is 5.32 Å². The van der Waals surface area contributed by atoms with Gasteiger partial charge in [-0.25, -0.2) is 4.39 Å². The molecule has 0 aliphatic rings. The summed E-state index contributed by atoms with van der Waals surface area (Å²) >= 11 is 5.64. The van der Waals surface area contributed by atoms with Gasteiger partial charge in [0, 0.05) is 17.9 Å². The summed E-state index contributed by atoms with van der Waals surface area (Å²) in [5.74, 6) is -0.918. The molecular weight excluding hydrogens is 281 g/mol. The van der Waals surface area contributed by atoms with Crippen LogP contribution in [0.1, 0.15) is 15.9 Å². The van der Waals surface area contributed by atoms with E-state index < -0.39 is 5.82 Å². The van der Waals surface area contributed by atoms with Crippen LogP contribution in [0.5, 0.6) is 0 Å². The Morgan fingerprint density at radius 3 is 2.50 bits per heavy atom. The van der Waals surface area contributed by atoms with E-state index in [1.165, 1.54) is 12.1 Å². The fraction of sp³-hybridized carbons (Fsp3) is 0.133. The second kappa shape index (κ2) is 6.50. The summed E-state index contributed by atoms with van der Waals surface area (Å²) < 4.78 is 13.0. The number of nitrogens with one attached hydrogen (secondary N) is 1. The average Bonchev–Trinajstić information content (AvgIpc) is 2.44. The van der Waals surface area contributed by atoms with Gasteiger partial charge in [0.15, 0.2) is 0 Å². The van der Waals surface area contributed by atoms with Crippen LogP contribution in [-0.4, -0.2) is 17.6 Å². The number of anilines is 1. The van der Waals surface area contributed by atoms with Gasteiger partial charge in [-0.2, -0.15) is 0 Å². The molecule has 0 fully saturated rings. The molecular formula is C15H13ClFNO2. The van der Waals surface area contributed by atoms with Crippen molar-refractivity contribution in [2.45, 2.75) is 6.42 Å². The number of aliphatic hydroxyl groups excluding tert-OH is 1. The molecule has 0 aliphatic carbocycles. The van der Waals surface area contributed by atoms with Crippen LogP contribution in [0.2, 0.25) is 5.02 Å². The molecule has 2 aromatic rings. The summed E-state index contributed by atoms with van der Waals surface area (Å²) in [4.78, 5) is 12.0. The summed E-state index contributed by atoms with van der Waals surface area (Å²) in [7, 11) is 0. The molecule has 3 nitrogen and oxygen atoms in total. The maximum Gasteiger partial charge on any atom is 0.255 e. The fourth-order valence-corrected chi connectivity index (χ4v) is 1.91. The van der Waals surface area contributed by atoms with E-state index >= 15 is 0 Å². The summed E-state index contributed by atoms with van der Waals surface area (Å²) in [5.41, 5.74) is 1.89. The van der Waals surface area contributed by atoms with Gasteiger partial charge in [-0.3, -0.25) is 4.79 Å². The van der Waals surface area contributed by atoms with Crippen molar-refractivity contribution in [3.8, 4) is 0 Å². The molecule has 2 N–H and O–H groups in total. The number of benzene rings is 2. The molecule has 0 spiro atoms. The van der Waals surface area contributed by atoms with E-state index in [9.17, 15) is 9.18 Å². The minimum Gasteiger partial charge on any atom is -0.396 e. The maximum atomic E-state index is 13.0. The Morgan fingerprint density at radius 1 is 1.20 bits per heavy atom. The Hall–Kier alpha value is -1.91. The number of aliphatic hydroxyl groups is 1. The highest BCUT2D eigenvalue weighted by Crippen LogP contribution is 2.17. The van der Waals surface area contributed by atoms with Gasteiger partial charge in [-0.1, -0.05) is 23.7 Å². The lowest BCUT2D eigenvalue weighted by molar-refractivity contribution is 0.102. The molecule has 5 heteroatoms. The van der Waals surface area contributed by atoms with Crippen LogP contribution in [0, 0.1) is 5.82 Å². The first kappa shape index (κ1) is 14.5. The normalized spacial score (nSPS) is 10.3. The largest absolute Gasteiger partial charge is 0.396 e. The monoisotopic (exact) mass is 293 g/mol. The smallest absolute Gasteiger partial charge is 0.255 e. The summed E-state index contributed by atoms with van der Waals surface area (Å²) in [6.07, 6.45) is 0.571. The van der Waals surface area contributed by atoms with E-state index in [1.807, 2.05) is 12.1 Å². The SMILES string of the molecule is O=C(Nc1ccc(CCO)cc1)c1ccc(F)c(Cl)c1. The van der Waals surface area contributed by atoms with Crippen molar-refractivity contribution in [2.24, 2.45) is 0 Å². The van der Waals surface area contributed by atoms with Gasteiger partial charge < -0.3 is 10.4 Å². The summed E-state index contributed by atoms with van der Waals surface area (Å²) in [6.45, 7) is 0.0831. The lowest BCUT2D eigenvalue weighted by atomic mass is 10.1. The number of rotatable bonds is 4. The minimum atomic E-state index is -0.559. The highest BCUT2D eigenvalue weighted by molar-refractivity contribution is 6.31. The number of carbonyl (C=O) groups is 1. The average molecular weight is 294 g/mol. The zero-order valence-electron chi connectivity index (χ0n) is 10.6. The third kappa shape index (κ3) is 3.56. The van der Waals surface area contributed by atoms with Crippen LogP contribution >= 0.6 is 11.6 Å². The number of amides is 1. The molecule has 0 bridgehead atoms. The van der Waals surface area contributed by atoms with Crippen molar-refractivity contribution in [1.82, 2.24) is 0 Å². The van der Waals surface area contributed by atoms with E-state index in [0.717, 1.165) is 11.6 Å². The van der Waals surface area contributed by atoms with Gasteiger partial charge in [0.25, 0.3) is 5.91 Å². The molecule has 0 atom stereocenters. The number of halogens is 2. The Balaban J connectivity index is 2.08. The first-order chi connectivity index (χ1) is 9.60. The zero-order chi connectivity index (χ0) is 14.5. The van der Waals surface area contributed by atoms with Gasteiger partial charge in [-0.05, 0) is 42.3 Å².